The summed E-state index contributed by atoms with van der Waals surface area (Å²) in [5.74, 6) is 0. The summed E-state index contributed by atoms with van der Waals surface area (Å²) in [5.41, 5.74) is 1.56. The van der Waals surface area contributed by atoms with Crippen molar-refractivity contribution in [2.24, 2.45) is 0 Å². The lowest BCUT2D eigenvalue weighted by molar-refractivity contribution is -0.385. The van der Waals surface area contributed by atoms with E-state index in [-0.39, 0.29) is 5.69 Å². The van der Waals surface area contributed by atoms with Crippen molar-refractivity contribution < 1.29 is 4.92 Å². The molecule has 0 aliphatic rings. The van der Waals surface area contributed by atoms with Gasteiger partial charge in [0.25, 0.3) is 5.69 Å². The van der Waals surface area contributed by atoms with Crippen LogP contribution in [0.1, 0.15) is 11.1 Å². The minimum absolute atomic E-state index is 0.0136. The van der Waals surface area contributed by atoms with Crippen LogP contribution >= 0.6 is 0 Å². The Morgan fingerprint density at radius 3 is 2.59 bits per heavy atom. The molecular weight excluding hydrogens is 216 g/mol. The second-order valence-corrected chi connectivity index (χ2v) is 3.44. The lowest BCUT2D eigenvalue weighted by atomic mass is 10.1. The number of nitrogens with zero attached hydrogens (tertiary/aromatic N) is 2. The fourth-order valence-corrected chi connectivity index (χ4v) is 1.44. The van der Waals surface area contributed by atoms with E-state index in [1.807, 2.05) is 36.4 Å². The van der Waals surface area contributed by atoms with Crippen molar-refractivity contribution >= 4 is 17.8 Å². The molecule has 0 amide bonds. The Kier molecular flexibility index (Phi) is 3.25. The molecule has 2 rings (SSSR count). The molecule has 0 spiro atoms. The summed E-state index contributed by atoms with van der Waals surface area (Å²) >= 11 is 0. The van der Waals surface area contributed by atoms with Gasteiger partial charge in [-0.3, -0.25) is 15.1 Å². The largest absolute Gasteiger partial charge is 0.294 e. The fourth-order valence-electron chi connectivity index (χ4n) is 1.44. The Bertz CT molecular complexity index is 550. The third kappa shape index (κ3) is 2.75. The number of rotatable bonds is 3. The first kappa shape index (κ1) is 11.0. The zero-order chi connectivity index (χ0) is 12.1. The Morgan fingerprint density at radius 2 is 1.88 bits per heavy atom. The SMILES string of the molecule is O=[N+]([O-])c1cnccc1/C=C/c1ccccc1. The molecule has 0 saturated carbocycles. The number of benzene rings is 1. The van der Waals surface area contributed by atoms with E-state index < -0.39 is 4.92 Å². The Labute approximate surface area is 98.4 Å². The van der Waals surface area contributed by atoms with E-state index in [9.17, 15) is 10.1 Å². The van der Waals surface area contributed by atoms with Gasteiger partial charge < -0.3 is 0 Å². The molecule has 0 bridgehead atoms. The Balaban J connectivity index is 2.30. The van der Waals surface area contributed by atoms with Crippen LogP contribution in [0.25, 0.3) is 12.2 Å². The van der Waals surface area contributed by atoms with E-state index in [0.29, 0.717) is 5.56 Å². The summed E-state index contributed by atoms with van der Waals surface area (Å²) in [6.45, 7) is 0. The molecule has 1 aromatic heterocycles. The normalized spacial score (nSPS) is 10.6. The van der Waals surface area contributed by atoms with Crippen molar-refractivity contribution in [1.29, 1.82) is 0 Å². The van der Waals surface area contributed by atoms with Crippen molar-refractivity contribution in [2.75, 3.05) is 0 Å². The van der Waals surface area contributed by atoms with Gasteiger partial charge in [-0.2, -0.15) is 0 Å². The van der Waals surface area contributed by atoms with Crippen LogP contribution in [0.3, 0.4) is 0 Å². The van der Waals surface area contributed by atoms with Crippen LogP contribution in [-0.4, -0.2) is 9.91 Å². The van der Waals surface area contributed by atoms with Crippen LogP contribution < -0.4 is 0 Å². The summed E-state index contributed by atoms with van der Waals surface area (Å²) in [6.07, 6.45) is 6.35. The quantitative estimate of drug-likeness (QED) is 0.596. The van der Waals surface area contributed by atoms with Gasteiger partial charge in [-0.1, -0.05) is 36.4 Å². The average molecular weight is 226 g/mol. The number of hydrogen-bond donors (Lipinski definition) is 0. The van der Waals surface area contributed by atoms with Gasteiger partial charge in [0.15, 0.2) is 0 Å². The van der Waals surface area contributed by atoms with Crippen molar-refractivity contribution in [3.63, 3.8) is 0 Å². The van der Waals surface area contributed by atoms with E-state index in [2.05, 4.69) is 4.98 Å². The second-order valence-electron chi connectivity index (χ2n) is 3.44. The Hall–Kier alpha value is -2.49. The highest BCUT2D eigenvalue weighted by molar-refractivity contribution is 5.73. The molecule has 17 heavy (non-hydrogen) atoms. The van der Waals surface area contributed by atoms with E-state index in [1.165, 1.54) is 12.4 Å². The van der Waals surface area contributed by atoms with Gasteiger partial charge in [0.2, 0.25) is 0 Å². The lowest BCUT2D eigenvalue weighted by Crippen LogP contribution is -1.91. The highest BCUT2D eigenvalue weighted by atomic mass is 16.6. The minimum Gasteiger partial charge on any atom is -0.258 e. The molecule has 0 radical (unpaired) electrons. The van der Waals surface area contributed by atoms with E-state index >= 15 is 0 Å². The van der Waals surface area contributed by atoms with E-state index in [4.69, 9.17) is 0 Å². The zero-order valence-corrected chi connectivity index (χ0v) is 8.98. The van der Waals surface area contributed by atoms with Gasteiger partial charge in [0.1, 0.15) is 6.20 Å². The molecule has 4 heteroatoms. The van der Waals surface area contributed by atoms with Crippen molar-refractivity contribution in [3.05, 3.63) is 70.0 Å². The zero-order valence-electron chi connectivity index (χ0n) is 8.98. The van der Waals surface area contributed by atoms with Gasteiger partial charge in [-0.25, -0.2) is 0 Å². The van der Waals surface area contributed by atoms with Gasteiger partial charge in [-0.05, 0) is 17.7 Å². The Morgan fingerprint density at radius 1 is 1.12 bits per heavy atom. The molecule has 0 atom stereocenters. The molecule has 84 valence electrons. The number of pyridine rings is 1. The molecule has 1 aromatic carbocycles. The smallest absolute Gasteiger partial charge is 0.258 e. The fraction of sp³-hybridized carbons (Fsp3) is 0. The average Bonchev–Trinajstić information content (AvgIpc) is 2.38. The van der Waals surface area contributed by atoms with Gasteiger partial charge in [0.05, 0.1) is 10.5 Å². The van der Waals surface area contributed by atoms with E-state index in [1.54, 1.807) is 12.1 Å². The summed E-state index contributed by atoms with van der Waals surface area (Å²) in [5, 5.41) is 10.8. The predicted molar refractivity (Wildman–Crippen MR) is 66.3 cm³/mol. The molecule has 4 nitrogen and oxygen atoms in total. The summed E-state index contributed by atoms with van der Waals surface area (Å²) in [7, 11) is 0. The van der Waals surface area contributed by atoms with Crippen LogP contribution in [0.5, 0.6) is 0 Å². The number of hydrogen-bond acceptors (Lipinski definition) is 3. The number of aromatic nitrogens is 1. The topological polar surface area (TPSA) is 56.0 Å². The summed E-state index contributed by atoms with van der Waals surface area (Å²) in [6, 6.07) is 11.2. The molecule has 0 fully saturated rings. The van der Waals surface area contributed by atoms with E-state index in [0.717, 1.165) is 5.56 Å². The molecule has 2 aromatic rings. The van der Waals surface area contributed by atoms with Crippen LogP contribution in [0.15, 0.2) is 48.8 Å². The molecule has 0 N–H and O–H groups in total. The van der Waals surface area contributed by atoms with Crippen molar-refractivity contribution in [2.45, 2.75) is 0 Å². The van der Waals surface area contributed by atoms with Gasteiger partial charge in [-0.15, -0.1) is 0 Å². The van der Waals surface area contributed by atoms with Gasteiger partial charge >= 0.3 is 0 Å². The van der Waals surface area contributed by atoms with Crippen LogP contribution in [0, 0.1) is 10.1 Å². The monoisotopic (exact) mass is 226 g/mol. The first-order valence-electron chi connectivity index (χ1n) is 5.09. The first-order chi connectivity index (χ1) is 8.27. The molecule has 0 aliphatic heterocycles. The molecule has 0 saturated heterocycles. The summed E-state index contributed by atoms with van der Waals surface area (Å²) in [4.78, 5) is 14.1. The predicted octanol–water partition coefficient (Wildman–Crippen LogP) is 3.16. The maximum Gasteiger partial charge on any atom is 0.294 e. The second kappa shape index (κ2) is 5.03. The molecular formula is C13H10N2O2. The highest BCUT2D eigenvalue weighted by Crippen LogP contribution is 2.18. The van der Waals surface area contributed by atoms with Gasteiger partial charge in [0, 0.05) is 6.20 Å². The first-order valence-corrected chi connectivity index (χ1v) is 5.09. The van der Waals surface area contributed by atoms with Crippen LogP contribution in [0.4, 0.5) is 5.69 Å². The molecule has 1 heterocycles. The molecule has 0 aliphatic carbocycles. The molecule has 0 unspecified atom stereocenters. The van der Waals surface area contributed by atoms with Crippen LogP contribution in [-0.2, 0) is 0 Å². The van der Waals surface area contributed by atoms with Crippen LogP contribution in [0.2, 0.25) is 0 Å². The maximum absolute atomic E-state index is 10.8. The minimum atomic E-state index is -0.433. The summed E-state index contributed by atoms with van der Waals surface area (Å²) < 4.78 is 0. The third-order valence-electron chi connectivity index (χ3n) is 2.28. The van der Waals surface area contributed by atoms with Crippen molar-refractivity contribution in [1.82, 2.24) is 4.98 Å². The lowest BCUT2D eigenvalue weighted by Gasteiger charge is -1.96. The highest BCUT2D eigenvalue weighted by Gasteiger charge is 2.09. The number of nitro groups is 1. The maximum atomic E-state index is 10.8. The third-order valence-corrected chi connectivity index (χ3v) is 2.28. The standard InChI is InChI=1S/C13H10N2O2/c16-15(17)13-10-14-9-8-12(13)7-6-11-4-2-1-3-5-11/h1-10H/b7-6+. The van der Waals surface area contributed by atoms with Crippen molar-refractivity contribution in [3.8, 4) is 0 Å².